The number of hydrogen-bond donors (Lipinski definition) is 2. The van der Waals surface area contributed by atoms with Gasteiger partial charge in [-0.3, -0.25) is 4.79 Å². The molecule has 1 amide bonds. The number of nitrogens with two attached hydrogens (primary N) is 1. The van der Waals surface area contributed by atoms with Crippen LogP contribution in [0.5, 0.6) is 5.75 Å². The highest BCUT2D eigenvalue weighted by Crippen LogP contribution is 2.39. The van der Waals surface area contributed by atoms with Gasteiger partial charge in [0, 0.05) is 26.3 Å². The van der Waals surface area contributed by atoms with E-state index in [1.54, 1.807) is 13.2 Å². The number of hydrogen-bond acceptors (Lipinski definition) is 5. The number of piperidine rings is 1. The quantitative estimate of drug-likeness (QED) is 0.809. The summed E-state index contributed by atoms with van der Waals surface area (Å²) >= 11 is 0. The van der Waals surface area contributed by atoms with E-state index in [0.717, 1.165) is 31.6 Å². The predicted octanol–water partition coefficient (Wildman–Crippen LogP) is 1.60. The van der Waals surface area contributed by atoms with Gasteiger partial charge >= 0.3 is 0 Å². The number of nitrogen functional groups attached to an aromatic ring is 1. The number of nitrogens with one attached hydrogen (secondary N) is 1. The third-order valence-electron chi connectivity index (χ3n) is 4.25. The average Bonchev–Trinajstić information content (AvgIpc) is 2.47. The molecule has 0 aromatic heterocycles. The lowest BCUT2D eigenvalue weighted by molar-refractivity contribution is -0.118. The van der Waals surface area contributed by atoms with Crippen LogP contribution >= 0.6 is 0 Å². The molecule has 2 aliphatic rings. The number of amides is 1. The fraction of sp³-hybridized carbons (Fsp3) is 0.533. The third kappa shape index (κ3) is 2.63. The Kier molecular flexibility index (Phi) is 3.41. The molecule has 1 unspecified atom stereocenters. The van der Waals surface area contributed by atoms with Crippen molar-refractivity contribution in [1.29, 1.82) is 0 Å². The summed E-state index contributed by atoms with van der Waals surface area (Å²) in [6.07, 6.45) is 2.08. The van der Waals surface area contributed by atoms with Crippen LogP contribution in [0.25, 0.3) is 0 Å². The summed E-state index contributed by atoms with van der Waals surface area (Å²) in [5.74, 6) is 0.487. The smallest absolute Gasteiger partial charge is 0.262 e. The Labute approximate surface area is 124 Å². The number of methoxy groups -OCH3 is 1. The fourth-order valence-electron chi connectivity index (χ4n) is 2.98. The van der Waals surface area contributed by atoms with E-state index < -0.39 is 0 Å². The van der Waals surface area contributed by atoms with Crippen LogP contribution in [0.3, 0.4) is 0 Å². The highest BCUT2D eigenvalue weighted by molar-refractivity contribution is 5.97. The molecule has 1 aromatic rings. The van der Waals surface area contributed by atoms with Crippen LogP contribution in [-0.4, -0.2) is 38.3 Å². The first-order valence-electron chi connectivity index (χ1n) is 7.17. The van der Waals surface area contributed by atoms with Crippen molar-refractivity contribution in [3.8, 4) is 5.75 Å². The molecule has 3 N–H and O–H groups in total. The van der Waals surface area contributed by atoms with Crippen LogP contribution in [0.2, 0.25) is 0 Å². The number of carbonyl (C=O) groups is 1. The summed E-state index contributed by atoms with van der Waals surface area (Å²) in [6.45, 7) is 3.86. The maximum absolute atomic E-state index is 11.4. The van der Waals surface area contributed by atoms with Crippen LogP contribution in [0.15, 0.2) is 12.1 Å². The lowest BCUT2D eigenvalue weighted by Gasteiger charge is -2.41. The lowest BCUT2D eigenvalue weighted by Crippen LogP contribution is -2.47. The normalized spacial score (nSPS) is 25.0. The second-order valence-electron chi connectivity index (χ2n) is 5.92. The second kappa shape index (κ2) is 5.11. The van der Waals surface area contributed by atoms with E-state index >= 15 is 0 Å². The zero-order valence-corrected chi connectivity index (χ0v) is 12.4. The van der Waals surface area contributed by atoms with Gasteiger partial charge in [-0.25, -0.2) is 0 Å². The van der Waals surface area contributed by atoms with Gasteiger partial charge in [-0.15, -0.1) is 0 Å². The van der Waals surface area contributed by atoms with Crippen LogP contribution < -0.4 is 20.7 Å². The molecule has 2 heterocycles. The summed E-state index contributed by atoms with van der Waals surface area (Å²) in [4.78, 5) is 13.7. The van der Waals surface area contributed by atoms with Crippen molar-refractivity contribution in [3.05, 3.63) is 12.1 Å². The maximum atomic E-state index is 11.4. The number of carbonyl (C=O) groups excluding carboxylic acids is 1. The zero-order valence-electron chi connectivity index (χ0n) is 12.4. The lowest BCUT2D eigenvalue weighted by atomic mass is 9.94. The molecule has 0 bridgehead atoms. The Morgan fingerprint density at radius 3 is 3.05 bits per heavy atom. The van der Waals surface area contributed by atoms with E-state index in [1.807, 2.05) is 6.07 Å². The number of benzene rings is 1. The van der Waals surface area contributed by atoms with E-state index in [1.165, 1.54) is 0 Å². The molecule has 114 valence electrons. The molecule has 0 spiro atoms. The van der Waals surface area contributed by atoms with Crippen LogP contribution in [0.1, 0.15) is 19.8 Å². The van der Waals surface area contributed by atoms with Crippen molar-refractivity contribution >= 4 is 23.0 Å². The fourth-order valence-corrected chi connectivity index (χ4v) is 2.98. The molecule has 2 aliphatic heterocycles. The van der Waals surface area contributed by atoms with Gasteiger partial charge < -0.3 is 25.4 Å². The first-order chi connectivity index (χ1) is 10.0. The van der Waals surface area contributed by atoms with Crippen molar-refractivity contribution in [2.45, 2.75) is 25.4 Å². The highest BCUT2D eigenvalue weighted by atomic mass is 16.5. The van der Waals surface area contributed by atoms with Crippen molar-refractivity contribution in [1.82, 2.24) is 0 Å². The molecule has 1 aromatic carbocycles. The summed E-state index contributed by atoms with van der Waals surface area (Å²) < 4.78 is 11.0. The molecule has 21 heavy (non-hydrogen) atoms. The van der Waals surface area contributed by atoms with Crippen molar-refractivity contribution in [3.63, 3.8) is 0 Å². The number of ether oxygens (including phenoxy) is 2. The first-order valence-corrected chi connectivity index (χ1v) is 7.17. The van der Waals surface area contributed by atoms with Crippen molar-refractivity contribution in [2.24, 2.45) is 0 Å². The predicted molar refractivity (Wildman–Crippen MR) is 81.8 cm³/mol. The molecule has 0 aliphatic carbocycles. The molecular formula is C15H21N3O3. The summed E-state index contributed by atoms with van der Waals surface area (Å²) in [7, 11) is 1.74. The maximum Gasteiger partial charge on any atom is 0.262 e. The minimum atomic E-state index is -0.166. The number of rotatable bonds is 2. The standard InChI is InChI=1S/C15H21N3O3/c1-15(20-2)4-3-5-18(9-15)12-7-11-13(6-10(12)16)21-8-14(19)17-11/h6-7H,3-5,8-9,16H2,1-2H3,(H,17,19). The van der Waals surface area contributed by atoms with E-state index in [-0.39, 0.29) is 18.1 Å². The molecular weight excluding hydrogens is 270 g/mol. The van der Waals surface area contributed by atoms with E-state index in [4.69, 9.17) is 15.2 Å². The zero-order chi connectivity index (χ0) is 15.0. The van der Waals surface area contributed by atoms with Crippen LogP contribution in [-0.2, 0) is 9.53 Å². The molecule has 6 nitrogen and oxygen atoms in total. The Hall–Kier alpha value is -1.95. The van der Waals surface area contributed by atoms with E-state index in [9.17, 15) is 4.79 Å². The monoisotopic (exact) mass is 291 g/mol. The number of fused-ring (bicyclic) bond motifs is 1. The molecule has 3 rings (SSSR count). The van der Waals surface area contributed by atoms with Gasteiger partial charge in [0.1, 0.15) is 5.75 Å². The van der Waals surface area contributed by atoms with E-state index in [0.29, 0.717) is 17.1 Å². The number of nitrogens with zero attached hydrogens (tertiary/aromatic N) is 1. The van der Waals surface area contributed by atoms with Crippen molar-refractivity contribution in [2.75, 3.05) is 42.8 Å². The van der Waals surface area contributed by atoms with Crippen LogP contribution in [0, 0.1) is 0 Å². The molecule has 6 heteroatoms. The van der Waals surface area contributed by atoms with Crippen molar-refractivity contribution < 1.29 is 14.3 Å². The first kappa shape index (κ1) is 14.0. The van der Waals surface area contributed by atoms with E-state index in [2.05, 4.69) is 17.1 Å². The largest absolute Gasteiger partial charge is 0.482 e. The Bertz CT molecular complexity index is 576. The SMILES string of the molecule is COC1(C)CCCN(c2cc3c(cc2N)OCC(=O)N3)C1. The van der Waals surface area contributed by atoms with Gasteiger partial charge in [-0.05, 0) is 25.8 Å². The summed E-state index contributed by atoms with van der Waals surface area (Å²) in [5.41, 5.74) is 8.26. The molecule has 1 fully saturated rings. The van der Waals surface area contributed by atoms with Gasteiger partial charge in [-0.2, -0.15) is 0 Å². The molecule has 1 saturated heterocycles. The summed E-state index contributed by atoms with van der Waals surface area (Å²) in [5, 5.41) is 2.82. The Morgan fingerprint density at radius 1 is 1.48 bits per heavy atom. The Morgan fingerprint density at radius 2 is 2.29 bits per heavy atom. The second-order valence-corrected chi connectivity index (χ2v) is 5.92. The molecule has 0 saturated carbocycles. The van der Waals surface area contributed by atoms with Crippen LogP contribution in [0.4, 0.5) is 17.1 Å². The molecule has 1 atom stereocenters. The topological polar surface area (TPSA) is 76.8 Å². The Balaban J connectivity index is 1.91. The molecule has 0 radical (unpaired) electrons. The van der Waals surface area contributed by atoms with Gasteiger partial charge in [0.2, 0.25) is 0 Å². The third-order valence-corrected chi connectivity index (χ3v) is 4.25. The highest BCUT2D eigenvalue weighted by Gasteiger charge is 2.32. The van der Waals surface area contributed by atoms with Gasteiger partial charge in [-0.1, -0.05) is 0 Å². The number of anilines is 3. The van der Waals surface area contributed by atoms with Gasteiger partial charge in [0.25, 0.3) is 5.91 Å². The minimum Gasteiger partial charge on any atom is -0.482 e. The van der Waals surface area contributed by atoms with Gasteiger partial charge in [0.15, 0.2) is 6.61 Å². The summed E-state index contributed by atoms with van der Waals surface area (Å²) in [6, 6.07) is 3.67. The average molecular weight is 291 g/mol. The van der Waals surface area contributed by atoms with Gasteiger partial charge in [0.05, 0.1) is 22.7 Å². The minimum absolute atomic E-state index is 0.0389.